The van der Waals surface area contributed by atoms with Gasteiger partial charge in [-0.25, -0.2) is 0 Å². The molecule has 4 nitrogen and oxygen atoms in total. The van der Waals surface area contributed by atoms with Gasteiger partial charge < -0.3 is 15.7 Å². The summed E-state index contributed by atoms with van der Waals surface area (Å²) in [6.07, 6.45) is 6.22. The molecule has 1 saturated carbocycles. The molecular formula is C11H20N2O2S. The van der Waals surface area contributed by atoms with E-state index in [2.05, 4.69) is 16.9 Å². The van der Waals surface area contributed by atoms with Gasteiger partial charge in [-0.3, -0.25) is 4.79 Å². The van der Waals surface area contributed by atoms with Crippen LogP contribution in [0.3, 0.4) is 0 Å². The Morgan fingerprint density at radius 3 is 2.50 bits per heavy atom. The van der Waals surface area contributed by atoms with Gasteiger partial charge in [0.2, 0.25) is 0 Å². The summed E-state index contributed by atoms with van der Waals surface area (Å²) in [7, 11) is 0. The zero-order valence-corrected chi connectivity index (χ0v) is 10.5. The fraction of sp³-hybridized carbons (Fsp3) is 0.909. The second-order valence-electron chi connectivity index (χ2n) is 5.05. The van der Waals surface area contributed by atoms with Gasteiger partial charge in [0.05, 0.1) is 12.0 Å². The summed E-state index contributed by atoms with van der Waals surface area (Å²) in [6, 6.07) is 0. The molecule has 1 aliphatic heterocycles. The molecule has 2 fully saturated rings. The minimum Gasteiger partial charge on any atom is -0.481 e. The van der Waals surface area contributed by atoms with Crippen LogP contribution in [0.1, 0.15) is 25.7 Å². The Balaban J connectivity index is 1.85. The highest BCUT2D eigenvalue weighted by Crippen LogP contribution is 2.42. The minimum absolute atomic E-state index is 0.190. The number of carboxylic acids is 1. The van der Waals surface area contributed by atoms with Crippen molar-refractivity contribution in [3.05, 3.63) is 0 Å². The standard InChI is InChI=1S/C11H20N2O2S/c1-16-11(3-2-4-11)8-13-10(5-9(14)15)6-12-7-10/h12-13H,2-8H2,1H3,(H,14,15). The van der Waals surface area contributed by atoms with Crippen molar-refractivity contribution in [3.8, 4) is 0 Å². The van der Waals surface area contributed by atoms with Crippen molar-refractivity contribution < 1.29 is 9.90 Å². The molecule has 0 spiro atoms. The van der Waals surface area contributed by atoms with Gasteiger partial charge in [-0.1, -0.05) is 6.42 Å². The van der Waals surface area contributed by atoms with E-state index in [4.69, 9.17) is 5.11 Å². The first kappa shape index (κ1) is 12.2. The second kappa shape index (κ2) is 4.55. The molecular weight excluding hydrogens is 224 g/mol. The fourth-order valence-electron chi connectivity index (χ4n) is 2.40. The third-order valence-corrected chi connectivity index (χ3v) is 5.32. The molecule has 0 atom stereocenters. The fourth-order valence-corrected chi connectivity index (χ4v) is 3.31. The molecule has 1 heterocycles. The highest BCUT2D eigenvalue weighted by molar-refractivity contribution is 8.00. The summed E-state index contributed by atoms with van der Waals surface area (Å²) in [4.78, 5) is 10.8. The van der Waals surface area contributed by atoms with E-state index in [0.717, 1.165) is 19.6 Å². The number of thioether (sulfide) groups is 1. The summed E-state index contributed by atoms with van der Waals surface area (Å²) in [5, 5.41) is 15.6. The van der Waals surface area contributed by atoms with Crippen molar-refractivity contribution in [2.75, 3.05) is 25.9 Å². The zero-order valence-electron chi connectivity index (χ0n) is 9.71. The van der Waals surface area contributed by atoms with E-state index >= 15 is 0 Å². The van der Waals surface area contributed by atoms with Gasteiger partial charge in [-0.2, -0.15) is 11.8 Å². The van der Waals surface area contributed by atoms with Gasteiger partial charge in [0, 0.05) is 24.4 Å². The highest BCUT2D eigenvalue weighted by atomic mass is 32.2. The van der Waals surface area contributed by atoms with Gasteiger partial charge >= 0.3 is 5.97 Å². The topological polar surface area (TPSA) is 61.4 Å². The number of hydrogen-bond acceptors (Lipinski definition) is 4. The van der Waals surface area contributed by atoms with Gasteiger partial charge in [0.25, 0.3) is 0 Å². The molecule has 2 aliphatic rings. The summed E-state index contributed by atoms with van der Waals surface area (Å²) in [6.45, 7) is 2.51. The van der Waals surface area contributed by atoms with Crippen molar-refractivity contribution in [3.63, 3.8) is 0 Å². The van der Waals surface area contributed by atoms with Crippen LogP contribution in [0.4, 0.5) is 0 Å². The monoisotopic (exact) mass is 244 g/mol. The molecule has 3 N–H and O–H groups in total. The first-order chi connectivity index (χ1) is 7.60. The number of rotatable bonds is 6. The van der Waals surface area contributed by atoms with Crippen LogP contribution in [-0.4, -0.2) is 47.3 Å². The van der Waals surface area contributed by atoms with E-state index in [1.165, 1.54) is 19.3 Å². The summed E-state index contributed by atoms with van der Waals surface area (Å²) in [5.74, 6) is -0.708. The number of hydrogen-bond donors (Lipinski definition) is 3. The predicted molar refractivity (Wildman–Crippen MR) is 66.0 cm³/mol. The molecule has 0 aromatic heterocycles. The van der Waals surface area contributed by atoms with Crippen LogP contribution >= 0.6 is 11.8 Å². The first-order valence-corrected chi connectivity index (χ1v) is 7.05. The van der Waals surface area contributed by atoms with Crippen LogP contribution in [0.15, 0.2) is 0 Å². The maximum Gasteiger partial charge on any atom is 0.305 e. The Bertz CT molecular complexity index is 270. The van der Waals surface area contributed by atoms with Gasteiger partial charge in [-0.15, -0.1) is 0 Å². The van der Waals surface area contributed by atoms with Crippen LogP contribution in [0.2, 0.25) is 0 Å². The van der Waals surface area contributed by atoms with Crippen LogP contribution in [0.25, 0.3) is 0 Å². The summed E-state index contributed by atoms with van der Waals surface area (Å²) >= 11 is 1.92. The molecule has 16 heavy (non-hydrogen) atoms. The SMILES string of the molecule is CSC1(CNC2(CC(=O)O)CNC2)CCC1. The quantitative estimate of drug-likeness (QED) is 0.641. The number of carboxylic acid groups (broad SMARTS) is 1. The van der Waals surface area contributed by atoms with Gasteiger partial charge in [0.1, 0.15) is 0 Å². The smallest absolute Gasteiger partial charge is 0.305 e. The Hall–Kier alpha value is -0.260. The molecule has 1 aliphatic carbocycles. The normalized spacial score (nSPS) is 25.6. The Labute approximate surface area is 101 Å². The lowest BCUT2D eigenvalue weighted by atomic mass is 9.82. The molecule has 5 heteroatoms. The number of aliphatic carboxylic acids is 1. The van der Waals surface area contributed by atoms with Crippen LogP contribution in [0, 0.1) is 0 Å². The van der Waals surface area contributed by atoms with Gasteiger partial charge in [0.15, 0.2) is 0 Å². The van der Waals surface area contributed by atoms with E-state index in [9.17, 15) is 4.79 Å². The molecule has 1 saturated heterocycles. The van der Waals surface area contributed by atoms with E-state index in [1.807, 2.05) is 11.8 Å². The number of carbonyl (C=O) groups is 1. The maximum absolute atomic E-state index is 10.8. The van der Waals surface area contributed by atoms with Crippen molar-refractivity contribution in [2.24, 2.45) is 0 Å². The first-order valence-electron chi connectivity index (χ1n) is 5.83. The van der Waals surface area contributed by atoms with E-state index in [0.29, 0.717) is 4.75 Å². The lowest BCUT2D eigenvalue weighted by molar-refractivity contribution is -0.139. The van der Waals surface area contributed by atoms with Crippen LogP contribution in [-0.2, 0) is 4.79 Å². The molecule has 0 unspecified atom stereocenters. The van der Waals surface area contributed by atoms with Crippen LogP contribution in [0.5, 0.6) is 0 Å². The van der Waals surface area contributed by atoms with Crippen molar-refractivity contribution >= 4 is 17.7 Å². The Morgan fingerprint density at radius 1 is 1.50 bits per heavy atom. The molecule has 0 radical (unpaired) electrons. The largest absolute Gasteiger partial charge is 0.481 e. The van der Waals surface area contributed by atoms with Gasteiger partial charge in [-0.05, 0) is 19.1 Å². The lowest BCUT2D eigenvalue weighted by Gasteiger charge is -2.48. The molecule has 0 bridgehead atoms. The maximum atomic E-state index is 10.8. The molecule has 0 aromatic carbocycles. The average molecular weight is 244 g/mol. The molecule has 0 aromatic rings. The predicted octanol–water partition coefficient (Wildman–Crippen LogP) is 0.678. The molecule has 92 valence electrons. The van der Waals surface area contributed by atoms with Crippen LogP contribution < -0.4 is 10.6 Å². The number of nitrogens with one attached hydrogen (secondary N) is 2. The Morgan fingerprint density at radius 2 is 2.19 bits per heavy atom. The van der Waals surface area contributed by atoms with E-state index < -0.39 is 5.97 Å². The zero-order chi connectivity index (χ0) is 11.6. The lowest BCUT2D eigenvalue weighted by Crippen LogP contribution is -2.70. The van der Waals surface area contributed by atoms with E-state index in [1.54, 1.807) is 0 Å². The minimum atomic E-state index is -0.708. The van der Waals surface area contributed by atoms with Crippen molar-refractivity contribution in [1.82, 2.24) is 10.6 Å². The summed E-state index contributed by atoms with van der Waals surface area (Å²) < 4.78 is 0.376. The molecule has 2 rings (SSSR count). The average Bonchev–Trinajstić information content (AvgIpc) is 2.11. The van der Waals surface area contributed by atoms with Crippen molar-refractivity contribution in [2.45, 2.75) is 36.0 Å². The third kappa shape index (κ3) is 2.36. The molecule has 0 amide bonds. The Kier molecular flexibility index (Phi) is 3.47. The summed E-state index contributed by atoms with van der Waals surface area (Å²) in [5.41, 5.74) is -0.190. The third-order valence-electron chi connectivity index (χ3n) is 3.90. The second-order valence-corrected chi connectivity index (χ2v) is 6.32. The highest BCUT2D eigenvalue weighted by Gasteiger charge is 2.43. The van der Waals surface area contributed by atoms with E-state index in [-0.39, 0.29) is 12.0 Å². The van der Waals surface area contributed by atoms with Crippen molar-refractivity contribution in [1.29, 1.82) is 0 Å².